The average Bonchev–Trinajstić information content (AvgIpc) is 1.36. The molecule has 0 fully saturated rings. The summed E-state index contributed by atoms with van der Waals surface area (Å²) in [4.78, 5) is 0. The highest BCUT2D eigenvalue weighted by atomic mass is 31.1. The summed E-state index contributed by atoms with van der Waals surface area (Å²) in [5.74, 6) is 0. The van der Waals surface area contributed by atoms with Gasteiger partial charge in [0, 0.05) is 14.1 Å². The van der Waals surface area contributed by atoms with Gasteiger partial charge in [-0.2, -0.15) is 0 Å². The molecule has 0 aromatic carbocycles. The maximum atomic E-state index is 3.21. The van der Waals surface area contributed by atoms with E-state index in [2.05, 4.69) is 18.4 Å². The summed E-state index contributed by atoms with van der Waals surface area (Å²) in [7, 11) is 9.51. The highest BCUT2D eigenvalue weighted by molar-refractivity contribution is 7.15. The van der Waals surface area contributed by atoms with Gasteiger partial charge in [-0.1, -0.05) is 5.01 Å². The molecule has 0 rings (SSSR count). The lowest BCUT2D eigenvalue weighted by molar-refractivity contribution is -0.515. The number of nitrogens with zero attached hydrogens (tertiary/aromatic N) is 2. The van der Waals surface area contributed by atoms with E-state index >= 15 is 0 Å². The van der Waals surface area contributed by atoms with E-state index in [9.17, 15) is 0 Å². The molecule has 7 heavy (non-hydrogen) atoms. The minimum atomic E-state index is 0. The van der Waals surface area contributed by atoms with Crippen LogP contribution < -0.4 is 0 Å². The lowest BCUT2D eigenvalue weighted by Crippen LogP contribution is -2.13. The van der Waals surface area contributed by atoms with Crippen LogP contribution in [-0.4, -0.2) is 28.8 Å². The van der Waals surface area contributed by atoms with Crippen LogP contribution in [0.4, 0.5) is 0 Å². The average molecular weight is 140 g/mol. The van der Waals surface area contributed by atoms with Gasteiger partial charge in [-0.05, 0) is 0 Å². The highest BCUT2D eigenvalue weighted by Crippen LogP contribution is 1.90. The van der Waals surface area contributed by atoms with E-state index in [-0.39, 0.29) is 5.48 Å². The summed E-state index contributed by atoms with van der Waals surface area (Å²) >= 11 is 0. The Hall–Kier alpha value is 0.450. The van der Waals surface area contributed by atoms with Crippen molar-refractivity contribution in [3.05, 3.63) is 0 Å². The maximum absolute atomic E-state index is 3.21. The molecule has 0 radical (unpaired) electrons. The molecule has 0 aromatic heterocycles. The van der Waals surface area contributed by atoms with Gasteiger partial charge in [0.2, 0.25) is 9.03 Å². The Morgan fingerprint density at radius 3 is 1.71 bits per heavy atom. The zero-order chi connectivity index (χ0) is 5.15. The second-order valence-electron chi connectivity index (χ2n) is 1.19. The van der Waals surface area contributed by atoms with E-state index < -0.39 is 0 Å². The van der Waals surface area contributed by atoms with Crippen molar-refractivity contribution in [2.45, 2.75) is 0 Å². The van der Waals surface area contributed by atoms with E-state index in [1.165, 1.54) is 0 Å². The van der Waals surface area contributed by atoms with Crippen LogP contribution in [0, 0.1) is 0 Å². The summed E-state index contributed by atoms with van der Waals surface area (Å²) in [5, 5.41) is 1.88. The molecule has 0 saturated heterocycles. The van der Waals surface area contributed by atoms with Gasteiger partial charge in [0.25, 0.3) is 0 Å². The summed E-state index contributed by atoms with van der Waals surface area (Å²) in [6.07, 6.45) is 0. The molecule has 0 aromatic rings. The van der Waals surface area contributed by atoms with Crippen LogP contribution in [0.2, 0.25) is 0 Å². The predicted molar refractivity (Wildman–Crippen MR) is 33.9 cm³/mol. The first-order valence-electron chi connectivity index (χ1n) is 1.58. The number of hydrogen-bond acceptors (Lipinski definition) is 1. The highest BCUT2D eigenvalue weighted by Gasteiger charge is 1.89. The minimum Gasteiger partial charge on any atom is -0.870 e. The summed E-state index contributed by atoms with van der Waals surface area (Å²) in [5.41, 5.74) is 0. The molecule has 1 N–H and O–H groups in total. The predicted octanol–water partition coefficient (Wildman–Crippen LogP) is 0.415. The van der Waals surface area contributed by atoms with Crippen molar-refractivity contribution in [2.24, 2.45) is 0 Å². The van der Waals surface area contributed by atoms with Crippen LogP contribution >= 0.6 is 18.4 Å². The molecule has 0 aliphatic heterocycles. The molecule has 0 spiro atoms. The smallest absolute Gasteiger partial charge is 0.216 e. The Kier molecular flexibility index (Phi) is 6.86. The zero-order valence-electron chi connectivity index (χ0n) is 4.42. The number of rotatable bonds is 1. The Morgan fingerprint density at radius 1 is 1.57 bits per heavy atom. The van der Waals surface area contributed by atoms with Gasteiger partial charge in [0.15, 0.2) is 9.39 Å². The molecule has 44 valence electrons. The normalized spacial score (nSPS) is 8.00. The Balaban J connectivity index is 0. The Morgan fingerprint density at radius 2 is 1.71 bits per heavy atom. The van der Waals surface area contributed by atoms with Crippen molar-refractivity contribution >= 4 is 18.4 Å². The largest absolute Gasteiger partial charge is 0.870 e. The van der Waals surface area contributed by atoms with Gasteiger partial charge in [0.05, 0.1) is 0 Å². The van der Waals surface area contributed by atoms with Gasteiger partial charge in [-0.3, -0.25) is 0 Å². The molecule has 0 aliphatic rings. The van der Waals surface area contributed by atoms with E-state index in [4.69, 9.17) is 0 Å². The van der Waals surface area contributed by atoms with Gasteiger partial charge in [0.1, 0.15) is 0 Å². The van der Waals surface area contributed by atoms with Crippen LogP contribution in [0.5, 0.6) is 0 Å². The zero-order valence-corrected chi connectivity index (χ0v) is 6.57. The molecule has 0 heterocycles. The SMILES string of the molecule is CN(C)[N+](=P)P.[OH-]. The van der Waals surface area contributed by atoms with Crippen LogP contribution in [0.1, 0.15) is 0 Å². The van der Waals surface area contributed by atoms with Gasteiger partial charge in [-0.25, -0.2) is 0 Å². The van der Waals surface area contributed by atoms with Crippen molar-refractivity contribution in [1.82, 2.24) is 5.01 Å². The molecule has 1 unspecified atom stereocenters. The molecule has 0 amide bonds. The van der Waals surface area contributed by atoms with Crippen molar-refractivity contribution in [3.8, 4) is 0 Å². The second-order valence-corrected chi connectivity index (χ2v) is 2.66. The third-order valence-electron chi connectivity index (χ3n) is 0.431. The quantitative estimate of drug-likeness (QED) is 0.390. The second kappa shape index (κ2) is 4.61. The molecular formula is C2H10N2OP2. The molecule has 0 saturated carbocycles. The third kappa shape index (κ3) is 6.45. The fourth-order valence-electron chi connectivity index (χ4n) is 0. The van der Waals surface area contributed by atoms with Gasteiger partial charge >= 0.3 is 0 Å². The summed E-state index contributed by atoms with van der Waals surface area (Å²) in [6.45, 7) is 0. The van der Waals surface area contributed by atoms with E-state index in [1.807, 2.05) is 19.1 Å². The van der Waals surface area contributed by atoms with E-state index in [1.54, 1.807) is 4.21 Å². The van der Waals surface area contributed by atoms with E-state index in [0.717, 1.165) is 0 Å². The number of hydrazine groups is 1. The topological polar surface area (TPSA) is 36.2 Å². The van der Waals surface area contributed by atoms with Crippen molar-refractivity contribution in [1.29, 1.82) is 0 Å². The Bertz CT molecular complexity index is 64.7. The van der Waals surface area contributed by atoms with Gasteiger partial charge < -0.3 is 5.48 Å². The summed E-state index contributed by atoms with van der Waals surface area (Å²) in [6, 6.07) is 0. The van der Waals surface area contributed by atoms with Crippen molar-refractivity contribution < 1.29 is 9.68 Å². The molecular weight excluding hydrogens is 130 g/mol. The van der Waals surface area contributed by atoms with Gasteiger partial charge in [-0.15, -0.1) is 4.21 Å². The molecule has 1 atom stereocenters. The molecule has 3 nitrogen and oxygen atoms in total. The lowest BCUT2D eigenvalue weighted by atomic mass is 11.2. The van der Waals surface area contributed by atoms with Crippen LogP contribution in [-0.2, 0) is 0 Å². The minimum absolute atomic E-state index is 0. The fourth-order valence-corrected chi connectivity index (χ4v) is 0. The van der Waals surface area contributed by atoms with Crippen molar-refractivity contribution in [2.75, 3.05) is 14.1 Å². The van der Waals surface area contributed by atoms with Crippen LogP contribution in [0.3, 0.4) is 0 Å². The number of hydrogen-bond donors (Lipinski definition) is 0. The first-order valence-corrected chi connectivity index (χ1v) is 2.54. The van der Waals surface area contributed by atoms with Crippen LogP contribution in [0.15, 0.2) is 0 Å². The first-order chi connectivity index (χ1) is 2.64. The fraction of sp³-hybridized carbons (Fsp3) is 1.00. The third-order valence-corrected chi connectivity index (χ3v) is 1.29. The van der Waals surface area contributed by atoms with Crippen LogP contribution in [0.25, 0.3) is 0 Å². The Labute approximate surface area is 48.1 Å². The monoisotopic (exact) mass is 140 g/mol. The molecule has 0 aliphatic carbocycles. The van der Waals surface area contributed by atoms with E-state index in [0.29, 0.717) is 0 Å². The van der Waals surface area contributed by atoms with Crippen molar-refractivity contribution in [3.63, 3.8) is 0 Å². The molecule has 5 heteroatoms. The molecule has 0 bridgehead atoms. The lowest BCUT2D eigenvalue weighted by Gasteiger charge is -1.96. The summed E-state index contributed by atoms with van der Waals surface area (Å²) < 4.78 is 1.72. The first kappa shape index (κ1) is 10.4. The maximum Gasteiger partial charge on any atom is 0.216 e. The standard InChI is InChI=1S/C2H9N2P2.H2O/c1-3(2)4(5)6;/h5H,6H2,1-2H3;1H2/q+1;/p-1.